The fraction of sp³-hybridized carbons (Fsp3) is 0.812. The molecule has 0 aromatic carbocycles. The zero-order valence-corrected chi connectivity index (χ0v) is 16.2. The molecule has 1 heterocycles. The molecule has 1 amide bonds. The molecular weight excluding hydrogens is 298 g/mol. The van der Waals surface area contributed by atoms with E-state index < -0.39 is 20.0 Å². The van der Waals surface area contributed by atoms with Gasteiger partial charge in [0.05, 0.1) is 12.3 Å². The van der Waals surface area contributed by atoms with E-state index in [0.29, 0.717) is 18.7 Å². The van der Waals surface area contributed by atoms with Gasteiger partial charge in [0.15, 0.2) is 0 Å². The van der Waals surface area contributed by atoms with Crippen molar-refractivity contribution in [2.24, 2.45) is 0 Å². The molecule has 1 aliphatic rings. The minimum atomic E-state index is -1.99. The summed E-state index contributed by atoms with van der Waals surface area (Å²) >= 11 is 0. The first kappa shape index (κ1) is 19.0. The van der Waals surface area contributed by atoms with E-state index in [0.717, 1.165) is 5.76 Å². The average molecular weight is 330 g/mol. The topological polar surface area (TPSA) is 59.0 Å². The summed E-state index contributed by atoms with van der Waals surface area (Å²) < 4.78 is 11.7. The smallest absolute Gasteiger partial charge is 0.414 e. The van der Waals surface area contributed by atoms with Gasteiger partial charge in [0.25, 0.3) is 0 Å². The van der Waals surface area contributed by atoms with E-state index >= 15 is 0 Å². The lowest BCUT2D eigenvalue weighted by molar-refractivity contribution is 0.0311. The Morgan fingerprint density at radius 3 is 2.18 bits per heavy atom. The number of ether oxygens (including phenoxy) is 1. The van der Waals surface area contributed by atoms with Crippen LogP contribution in [0.3, 0.4) is 0 Å². The van der Waals surface area contributed by atoms with Crippen LogP contribution in [0, 0.1) is 0 Å². The Labute approximate surface area is 135 Å². The highest BCUT2D eigenvalue weighted by molar-refractivity contribution is 6.74. The van der Waals surface area contributed by atoms with Crippen molar-refractivity contribution in [3.63, 3.8) is 0 Å². The zero-order chi connectivity index (χ0) is 17.3. The second-order valence-electron chi connectivity index (χ2n) is 8.27. The Morgan fingerprint density at radius 2 is 1.77 bits per heavy atom. The molecule has 0 saturated heterocycles. The summed E-state index contributed by atoms with van der Waals surface area (Å²) in [4.78, 5) is 13.7. The third kappa shape index (κ3) is 4.49. The van der Waals surface area contributed by atoms with Crippen LogP contribution in [0.25, 0.3) is 0 Å². The molecule has 0 atom stereocenters. The van der Waals surface area contributed by atoms with Gasteiger partial charge in [0.1, 0.15) is 11.4 Å². The Bertz CT molecular complexity index is 458. The summed E-state index contributed by atoms with van der Waals surface area (Å²) in [5.41, 5.74) is -0.0141. The summed E-state index contributed by atoms with van der Waals surface area (Å²) in [6.07, 6.45) is 0.201. The van der Waals surface area contributed by atoms with Gasteiger partial charge >= 0.3 is 6.09 Å². The van der Waals surface area contributed by atoms with Crippen LogP contribution in [0.15, 0.2) is 11.5 Å². The lowest BCUT2D eigenvalue weighted by Gasteiger charge is -2.37. The van der Waals surface area contributed by atoms with E-state index in [1.807, 2.05) is 20.8 Å². The minimum absolute atomic E-state index is 0.0693. The molecule has 0 fully saturated rings. The minimum Gasteiger partial charge on any atom is -0.545 e. The first-order chi connectivity index (χ1) is 9.78. The number of carbonyl (C=O) groups excluding carboxylic acids is 1. The predicted molar refractivity (Wildman–Crippen MR) is 90.0 cm³/mol. The predicted octanol–water partition coefficient (Wildman–Crippen LogP) is 3.85. The maximum Gasteiger partial charge on any atom is 0.414 e. The van der Waals surface area contributed by atoms with Gasteiger partial charge in [0.2, 0.25) is 8.32 Å². The van der Waals surface area contributed by atoms with Gasteiger partial charge < -0.3 is 14.3 Å². The monoisotopic (exact) mass is 329 g/mol. The van der Waals surface area contributed by atoms with Crippen LogP contribution in [-0.2, 0) is 9.16 Å². The summed E-state index contributed by atoms with van der Waals surface area (Å²) in [6.45, 7) is 16.6. The van der Waals surface area contributed by atoms with E-state index in [1.165, 1.54) is 4.90 Å². The summed E-state index contributed by atoms with van der Waals surface area (Å²) in [6, 6.07) is 0. The van der Waals surface area contributed by atoms with Crippen LogP contribution in [0.1, 0.15) is 48.0 Å². The van der Waals surface area contributed by atoms with Crippen molar-refractivity contribution in [2.75, 3.05) is 13.2 Å². The Morgan fingerprint density at radius 1 is 1.23 bits per heavy atom. The van der Waals surface area contributed by atoms with E-state index in [1.54, 1.807) is 0 Å². The van der Waals surface area contributed by atoms with E-state index in [9.17, 15) is 9.90 Å². The number of rotatable bonds is 3. The first-order valence-electron chi connectivity index (χ1n) is 7.81. The molecule has 0 aromatic heterocycles. The maximum atomic E-state index is 12.3. The number of nitrogens with zero attached hydrogens (tertiary/aromatic N) is 1. The molecule has 1 N–H and O–H groups in total. The zero-order valence-electron chi connectivity index (χ0n) is 15.2. The van der Waals surface area contributed by atoms with Crippen LogP contribution in [0.2, 0.25) is 18.1 Å². The Balaban J connectivity index is 2.96. The van der Waals surface area contributed by atoms with E-state index in [-0.39, 0.29) is 11.6 Å². The molecule has 0 saturated carbocycles. The van der Waals surface area contributed by atoms with Crippen molar-refractivity contribution >= 4 is 14.4 Å². The average Bonchev–Trinajstić information content (AvgIpc) is 2.67. The van der Waals surface area contributed by atoms with Gasteiger partial charge in [-0.1, -0.05) is 20.8 Å². The maximum absolute atomic E-state index is 12.3. The van der Waals surface area contributed by atoms with Gasteiger partial charge in [-0.2, -0.15) is 0 Å². The molecule has 0 aliphatic carbocycles. The van der Waals surface area contributed by atoms with Crippen LogP contribution < -0.4 is 0 Å². The fourth-order valence-corrected chi connectivity index (χ4v) is 3.05. The third-order valence-corrected chi connectivity index (χ3v) is 8.53. The Hall–Kier alpha value is -1.01. The van der Waals surface area contributed by atoms with Crippen molar-refractivity contribution in [2.45, 2.75) is 71.7 Å². The molecule has 128 valence electrons. The molecule has 0 unspecified atom stereocenters. The molecule has 22 heavy (non-hydrogen) atoms. The molecule has 1 aliphatic heterocycles. The van der Waals surface area contributed by atoms with Gasteiger partial charge in [-0.25, -0.2) is 4.79 Å². The molecule has 1 rings (SSSR count). The number of carbonyl (C=O) groups is 1. The lowest BCUT2D eigenvalue weighted by atomic mass is 10.2. The number of aliphatic hydroxyl groups excluding tert-OH is 1. The van der Waals surface area contributed by atoms with E-state index in [4.69, 9.17) is 9.16 Å². The SMILES string of the molecule is CC(C)(C)OC(=O)N1CCC(O[Si](C)(C)C(C)(C)C)=C1CO. The number of hydrogen-bond acceptors (Lipinski definition) is 4. The molecular formula is C16H31NO4Si. The molecule has 6 heteroatoms. The lowest BCUT2D eigenvalue weighted by Crippen LogP contribution is -2.40. The van der Waals surface area contributed by atoms with Crippen molar-refractivity contribution in [1.29, 1.82) is 0 Å². The van der Waals surface area contributed by atoms with Crippen LogP contribution in [-0.4, -0.2) is 43.2 Å². The second kappa shape index (κ2) is 6.24. The number of amides is 1. The Kier molecular flexibility index (Phi) is 5.40. The molecule has 0 aromatic rings. The molecule has 0 radical (unpaired) electrons. The van der Waals surface area contributed by atoms with Gasteiger partial charge in [-0.3, -0.25) is 4.90 Å². The van der Waals surface area contributed by atoms with Crippen molar-refractivity contribution in [3.8, 4) is 0 Å². The van der Waals surface area contributed by atoms with E-state index in [2.05, 4.69) is 33.9 Å². The van der Waals surface area contributed by atoms with Gasteiger partial charge in [-0.05, 0) is 38.9 Å². The van der Waals surface area contributed by atoms with Crippen LogP contribution >= 0.6 is 0 Å². The highest BCUT2D eigenvalue weighted by Crippen LogP contribution is 2.40. The van der Waals surface area contributed by atoms with Crippen LogP contribution in [0.5, 0.6) is 0 Å². The normalized spacial score (nSPS) is 17.0. The van der Waals surface area contributed by atoms with Crippen LogP contribution in [0.4, 0.5) is 4.79 Å². The second-order valence-corrected chi connectivity index (χ2v) is 13.0. The molecule has 5 nitrogen and oxygen atoms in total. The summed E-state index contributed by atoms with van der Waals surface area (Å²) in [5, 5.41) is 9.75. The standard InChI is InChI=1S/C16H31NO4Si/c1-15(2,3)20-14(19)17-10-9-13(12(17)11-18)21-22(7,8)16(4,5)6/h18H,9-11H2,1-8H3. The highest BCUT2D eigenvalue weighted by Gasteiger charge is 2.41. The molecule has 0 spiro atoms. The van der Waals surface area contributed by atoms with Crippen molar-refractivity contribution in [1.82, 2.24) is 4.90 Å². The summed E-state index contributed by atoms with van der Waals surface area (Å²) in [5.74, 6) is 0.736. The van der Waals surface area contributed by atoms with Crippen molar-refractivity contribution in [3.05, 3.63) is 11.5 Å². The van der Waals surface area contributed by atoms with Crippen molar-refractivity contribution < 1.29 is 19.1 Å². The quantitative estimate of drug-likeness (QED) is 0.799. The third-order valence-electron chi connectivity index (χ3n) is 4.16. The van der Waals surface area contributed by atoms with Gasteiger partial charge in [-0.15, -0.1) is 0 Å². The summed E-state index contributed by atoms with van der Waals surface area (Å²) in [7, 11) is -1.99. The van der Waals surface area contributed by atoms with Gasteiger partial charge in [0, 0.05) is 13.0 Å². The largest absolute Gasteiger partial charge is 0.545 e. The fourth-order valence-electron chi connectivity index (χ4n) is 1.91. The molecule has 0 bridgehead atoms. The highest BCUT2D eigenvalue weighted by atomic mass is 28.4. The number of hydrogen-bond donors (Lipinski definition) is 1. The first-order valence-corrected chi connectivity index (χ1v) is 10.7. The number of aliphatic hydroxyl groups is 1.